The molecule has 0 unspecified atom stereocenters. The summed E-state index contributed by atoms with van der Waals surface area (Å²) in [6.07, 6.45) is 0. The first-order chi connectivity index (χ1) is 10.9. The van der Waals surface area contributed by atoms with E-state index in [0.29, 0.717) is 22.3 Å². The van der Waals surface area contributed by atoms with Crippen LogP contribution in [0.15, 0.2) is 24.3 Å². The van der Waals surface area contributed by atoms with Crippen LogP contribution >= 0.6 is 0 Å². The van der Waals surface area contributed by atoms with Crippen LogP contribution in [0.2, 0.25) is 0 Å². The molecule has 0 aliphatic heterocycles. The summed E-state index contributed by atoms with van der Waals surface area (Å²) in [5, 5.41) is 21.4. The maximum absolute atomic E-state index is 13.0. The molecule has 3 nitrogen and oxygen atoms in total. The highest BCUT2D eigenvalue weighted by Gasteiger charge is 2.36. The molecule has 1 aliphatic carbocycles. The van der Waals surface area contributed by atoms with Crippen LogP contribution in [0.25, 0.3) is 11.1 Å². The lowest BCUT2D eigenvalue weighted by atomic mass is 9.84. The van der Waals surface area contributed by atoms with Gasteiger partial charge >= 0.3 is 0 Å². The lowest BCUT2D eigenvalue weighted by molar-refractivity contribution is 0.103. The third-order valence-corrected chi connectivity index (χ3v) is 4.72. The lowest BCUT2D eigenvalue weighted by Gasteiger charge is -2.21. The van der Waals surface area contributed by atoms with E-state index in [9.17, 15) is 15.0 Å². The van der Waals surface area contributed by atoms with Gasteiger partial charge in [0.05, 0.1) is 11.1 Å². The highest BCUT2D eigenvalue weighted by atomic mass is 16.3. The van der Waals surface area contributed by atoms with Gasteiger partial charge in [-0.25, -0.2) is 0 Å². The van der Waals surface area contributed by atoms with Gasteiger partial charge in [0.2, 0.25) is 5.78 Å². The number of fused-ring (bicyclic) bond motifs is 3. The van der Waals surface area contributed by atoms with Gasteiger partial charge in [-0.15, -0.1) is 0 Å². The molecule has 0 atom stereocenters. The second-order valence-corrected chi connectivity index (χ2v) is 8.60. The van der Waals surface area contributed by atoms with Gasteiger partial charge in [-0.2, -0.15) is 0 Å². The van der Waals surface area contributed by atoms with Crippen molar-refractivity contribution >= 4 is 5.78 Å². The molecule has 0 saturated heterocycles. The second kappa shape index (κ2) is 4.85. The second-order valence-electron chi connectivity index (χ2n) is 8.60. The summed E-state index contributed by atoms with van der Waals surface area (Å²) >= 11 is 0. The zero-order valence-electron chi connectivity index (χ0n) is 15.1. The fraction of sp³-hybridized carbons (Fsp3) is 0.381. The molecule has 2 aromatic carbocycles. The Morgan fingerprint density at radius 1 is 0.667 bits per heavy atom. The van der Waals surface area contributed by atoms with Crippen LogP contribution in [0.1, 0.15) is 68.6 Å². The van der Waals surface area contributed by atoms with Crippen LogP contribution in [-0.2, 0) is 10.8 Å². The standard InChI is InChI=1S/C21H24O3/c1-20(2,3)13-9-7-11-12-8-10-14(21(4,5)6)18(23)16(12)19(24)15(11)17(13)22/h7-10,22-23H,1-6H3. The number of benzene rings is 2. The maximum Gasteiger partial charge on any atom is 0.201 e. The van der Waals surface area contributed by atoms with E-state index in [1.165, 1.54) is 0 Å². The van der Waals surface area contributed by atoms with Crippen LogP contribution in [0, 0.1) is 0 Å². The fourth-order valence-corrected chi connectivity index (χ4v) is 3.43. The summed E-state index contributed by atoms with van der Waals surface area (Å²) in [5.41, 5.74) is 2.92. The van der Waals surface area contributed by atoms with E-state index in [1.54, 1.807) is 0 Å². The third-order valence-electron chi connectivity index (χ3n) is 4.72. The van der Waals surface area contributed by atoms with Crippen molar-refractivity contribution in [2.75, 3.05) is 0 Å². The molecule has 0 aromatic heterocycles. The van der Waals surface area contributed by atoms with Crippen molar-refractivity contribution in [3.8, 4) is 22.6 Å². The van der Waals surface area contributed by atoms with Gasteiger partial charge in [0.15, 0.2) is 0 Å². The van der Waals surface area contributed by atoms with Gasteiger partial charge in [0.25, 0.3) is 0 Å². The van der Waals surface area contributed by atoms with Gasteiger partial charge in [-0.3, -0.25) is 4.79 Å². The number of rotatable bonds is 0. The summed E-state index contributed by atoms with van der Waals surface area (Å²) in [7, 11) is 0. The van der Waals surface area contributed by atoms with Gasteiger partial charge < -0.3 is 10.2 Å². The molecule has 1 aliphatic rings. The normalized spacial score (nSPS) is 13.8. The molecule has 0 saturated carbocycles. The Labute approximate surface area is 143 Å². The van der Waals surface area contributed by atoms with Gasteiger partial charge in [-0.1, -0.05) is 65.8 Å². The van der Waals surface area contributed by atoms with Crippen molar-refractivity contribution in [2.24, 2.45) is 0 Å². The zero-order chi connectivity index (χ0) is 18.0. The minimum Gasteiger partial charge on any atom is -0.507 e. The average molecular weight is 324 g/mol. The molecule has 24 heavy (non-hydrogen) atoms. The average Bonchev–Trinajstić information content (AvgIpc) is 2.71. The number of aromatic hydroxyl groups is 2. The summed E-state index contributed by atoms with van der Waals surface area (Å²) in [5.74, 6) is -0.247. The molecule has 0 heterocycles. The van der Waals surface area contributed by atoms with Crippen LogP contribution in [-0.4, -0.2) is 16.0 Å². The SMILES string of the molecule is CC(C)(C)c1ccc2c(c1O)C(=O)c1c-2ccc(C(C)(C)C)c1O. The highest BCUT2D eigenvalue weighted by Crippen LogP contribution is 2.49. The molecule has 0 spiro atoms. The van der Waals surface area contributed by atoms with E-state index in [1.807, 2.05) is 65.8 Å². The molecule has 2 N–H and O–H groups in total. The third kappa shape index (κ3) is 2.22. The summed E-state index contributed by atoms with van der Waals surface area (Å²) < 4.78 is 0. The predicted octanol–water partition coefficient (Wildman–Crippen LogP) is 4.90. The molecule has 3 heteroatoms. The topological polar surface area (TPSA) is 57.5 Å². The van der Waals surface area contributed by atoms with Crippen LogP contribution < -0.4 is 0 Å². The number of hydrogen-bond acceptors (Lipinski definition) is 3. The Kier molecular flexibility index (Phi) is 3.35. The summed E-state index contributed by atoms with van der Waals surface area (Å²) in [6.45, 7) is 12.0. The van der Waals surface area contributed by atoms with E-state index < -0.39 is 0 Å². The van der Waals surface area contributed by atoms with Crippen molar-refractivity contribution in [3.63, 3.8) is 0 Å². The predicted molar refractivity (Wildman–Crippen MR) is 96.0 cm³/mol. The van der Waals surface area contributed by atoms with Crippen molar-refractivity contribution < 1.29 is 15.0 Å². The molecule has 2 aromatic rings. The Morgan fingerprint density at radius 2 is 1.00 bits per heavy atom. The van der Waals surface area contributed by atoms with Crippen LogP contribution in [0.4, 0.5) is 0 Å². The highest BCUT2D eigenvalue weighted by molar-refractivity contribution is 6.24. The fourth-order valence-electron chi connectivity index (χ4n) is 3.43. The molecule has 0 radical (unpaired) electrons. The molecular weight excluding hydrogens is 300 g/mol. The number of carbonyl (C=O) groups excluding carboxylic acids is 1. The molecule has 0 bridgehead atoms. The molecule has 126 valence electrons. The number of hydrogen-bond donors (Lipinski definition) is 2. The number of carbonyl (C=O) groups is 1. The van der Waals surface area contributed by atoms with Gasteiger partial charge in [0.1, 0.15) is 11.5 Å². The van der Waals surface area contributed by atoms with Crippen LogP contribution in [0.3, 0.4) is 0 Å². The first kappa shape index (κ1) is 16.6. The van der Waals surface area contributed by atoms with Crippen molar-refractivity contribution in [3.05, 3.63) is 46.5 Å². The largest absolute Gasteiger partial charge is 0.507 e. The molecular formula is C21H24O3. The van der Waals surface area contributed by atoms with E-state index >= 15 is 0 Å². The van der Waals surface area contributed by atoms with Gasteiger partial charge in [0, 0.05) is 11.1 Å². The minimum absolute atomic E-state index is 0.0258. The van der Waals surface area contributed by atoms with E-state index in [2.05, 4.69) is 0 Å². The van der Waals surface area contributed by atoms with Crippen molar-refractivity contribution in [1.29, 1.82) is 0 Å². The Bertz CT molecular complexity index is 791. The molecule has 0 amide bonds. The summed E-state index contributed by atoms with van der Waals surface area (Å²) in [4.78, 5) is 13.0. The van der Waals surface area contributed by atoms with E-state index in [-0.39, 0.29) is 28.1 Å². The lowest BCUT2D eigenvalue weighted by Crippen LogP contribution is -2.13. The monoisotopic (exact) mass is 324 g/mol. The number of phenolic OH excluding ortho intramolecular Hbond substituents is 2. The number of ketones is 1. The van der Waals surface area contributed by atoms with Crippen molar-refractivity contribution in [2.45, 2.75) is 52.4 Å². The Hall–Kier alpha value is -2.29. The van der Waals surface area contributed by atoms with Crippen molar-refractivity contribution in [1.82, 2.24) is 0 Å². The summed E-state index contributed by atoms with van der Waals surface area (Å²) in [6, 6.07) is 7.47. The van der Waals surface area contributed by atoms with Crippen LogP contribution in [0.5, 0.6) is 11.5 Å². The molecule has 3 rings (SSSR count). The molecule has 0 fully saturated rings. The smallest absolute Gasteiger partial charge is 0.201 e. The quantitative estimate of drug-likeness (QED) is 0.618. The van der Waals surface area contributed by atoms with E-state index in [0.717, 1.165) is 11.1 Å². The van der Waals surface area contributed by atoms with Gasteiger partial charge in [-0.05, 0) is 22.0 Å². The minimum atomic E-state index is -0.299. The number of phenols is 2. The zero-order valence-corrected chi connectivity index (χ0v) is 15.1. The van der Waals surface area contributed by atoms with E-state index in [4.69, 9.17) is 0 Å². The first-order valence-corrected chi connectivity index (χ1v) is 8.22. The maximum atomic E-state index is 13.0. The Balaban J connectivity index is 2.29. The Morgan fingerprint density at radius 3 is 1.29 bits per heavy atom. The first-order valence-electron chi connectivity index (χ1n) is 8.22.